The molecule has 2 heterocycles. The number of thiocarbonyl (C=S) groups is 1. The number of ether oxygens (including phenoxy) is 1. The second-order valence-electron chi connectivity index (χ2n) is 4.33. The average molecular weight is 226 g/mol. The Hall–Kier alpha value is -0.280. The van der Waals surface area contributed by atoms with Crippen molar-refractivity contribution in [2.75, 3.05) is 26.3 Å². The number of isothiocyanates is 1. The SMILES string of the molecule is S=C=NC1CCN(C2CCOCC2)CC1. The van der Waals surface area contributed by atoms with Gasteiger partial charge in [0, 0.05) is 32.3 Å². The van der Waals surface area contributed by atoms with E-state index in [1.54, 1.807) is 0 Å². The van der Waals surface area contributed by atoms with Crippen molar-refractivity contribution in [1.29, 1.82) is 0 Å². The van der Waals surface area contributed by atoms with Crippen molar-refractivity contribution in [1.82, 2.24) is 4.90 Å². The number of rotatable bonds is 2. The van der Waals surface area contributed by atoms with Gasteiger partial charge in [0.25, 0.3) is 0 Å². The Balaban J connectivity index is 1.79. The highest BCUT2D eigenvalue weighted by Crippen LogP contribution is 2.20. The molecule has 0 N–H and O–H groups in total. The van der Waals surface area contributed by atoms with Crippen LogP contribution in [0.15, 0.2) is 4.99 Å². The third kappa shape index (κ3) is 3.08. The maximum Gasteiger partial charge on any atom is 0.0627 e. The second kappa shape index (κ2) is 5.71. The topological polar surface area (TPSA) is 24.8 Å². The molecular formula is C11H18N2OS. The van der Waals surface area contributed by atoms with Gasteiger partial charge in [0.05, 0.1) is 11.2 Å². The van der Waals surface area contributed by atoms with Crippen LogP contribution in [0.25, 0.3) is 0 Å². The number of likely N-dealkylation sites (tertiary alicyclic amines) is 1. The summed E-state index contributed by atoms with van der Waals surface area (Å²) in [7, 11) is 0. The van der Waals surface area contributed by atoms with Gasteiger partial charge >= 0.3 is 0 Å². The first-order valence-corrected chi connectivity index (χ1v) is 6.20. The van der Waals surface area contributed by atoms with Crippen LogP contribution in [-0.2, 0) is 4.74 Å². The van der Waals surface area contributed by atoms with E-state index in [1.165, 1.54) is 12.8 Å². The van der Waals surface area contributed by atoms with Gasteiger partial charge in [-0.05, 0) is 37.9 Å². The van der Waals surface area contributed by atoms with E-state index in [-0.39, 0.29) is 0 Å². The predicted molar refractivity (Wildman–Crippen MR) is 63.5 cm³/mol. The summed E-state index contributed by atoms with van der Waals surface area (Å²) in [6.07, 6.45) is 4.67. The van der Waals surface area contributed by atoms with Gasteiger partial charge in [-0.1, -0.05) is 0 Å². The van der Waals surface area contributed by atoms with Crippen LogP contribution in [-0.4, -0.2) is 48.4 Å². The number of nitrogens with zero attached hydrogens (tertiary/aromatic N) is 2. The molecule has 3 nitrogen and oxygen atoms in total. The fraction of sp³-hybridized carbons (Fsp3) is 0.909. The lowest BCUT2D eigenvalue weighted by Gasteiger charge is -2.38. The summed E-state index contributed by atoms with van der Waals surface area (Å²) in [5.74, 6) is 0. The first kappa shape index (κ1) is 11.2. The fourth-order valence-corrected chi connectivity index (χ4v) is 2.65. The zero-order chi connectivity index (χ0) is 10.5. The largest absolute Gasteiger partial charge is 0.381 e. The molecule has 2 saturated heterocycles. The van der Waals surface area contributed by atoms with Gasteiger partial charge in [-0.3, -0.25) is 0 Å². The van der Waals surface area contributed by atoms with Gasteiger partial charge in [0.2, 0.25) is 0 Å². The minimum atomic E-state index is 0.429. The predicted octanol–water partition coefficient (Wildman–Crippen LogP) is 1.73. The first-order valence-electron chi connectivity index (χ1n) is 5.79. The molecular weight excluding hydrogens is 208 g/mol. The van der Waals surface area contributed by atoms with E-state index < -0.39 is 0 Å². The van der Waals surface area contributed by atoms with E-state index in [4.69, 9.17) is 4.74 Å². The fourth-order valence-electron chi connectivity index (χ4n) is 2.50. The smallest absolute Gasteiger partial charge is 0.0627 e. The lowest BCUT2D eigenvalue weighted by molar-refractivity contribution is 0.0256. The average Bonchev–Trinajstić information content (AvgIpc) is 2.32. The zero-order valence-electron chi connectivity index (χ0n) is 9.02. The summed E-state index contributed by atoms with van der Waals surface area (Å²) in [4.78, 5) is 6.77. The van der Waals surface area contributed by atoms with Crippen LogP contribution in [0.4, 0.5) is 0 Å². The molecule has 0 atom stereocenters. The van der Waals surface area contributed by atoms with Gasteiger partial charge in [-0.2, -0.15) is 0 Å². The Bertz CT molecular complexity index is 239. The molecule has 4 heteroatoms. The summed E-state index contributed by atoms with van der Waals surface area (Å²) >= 11 is 4.64. The van der Waals surface area contributed by atoms with E-state index in [1.807, 2.05) is 0 Å². The highest BCUT2D eigenvalue weighted by Gasteiger charge is 2.25. The molecule has 0 amide bonds. The first-order chi connectivity index (χ1) is 7.40. The standard InChI is InChI=1S/C11H18N2OS/c15-9-12-10-1-5-13(6-2-10)11-3-7-14-8-4-11/h10-11H,1-8H2. The van der Waals surface area contributed by atoms with Crippen molar-refractivity contribution in [3.63, 3.8) is 0 Å². The van der Waals surface area contributed by atoms with Crippen LogP contribution < -0.4 is 0 Å². The summed E-state index contributed by atoms with van der Waals surface area (Å²) < 4.78 is 5.38. The number of aliphatic imine (C=N–C) groups is 1. The number of piperidine rings is 1. The van der Waals surface area contributed by atoms with Crippen LogP contribution in [0.1, 0.15) is 25.7 Å². The molecule has 0 saturated carbocycles. The van der Waals surface area contributed by atoms with E-state index in [9.17, 15) is 0 Å². The molecule has 2 aliphatic rings. The van der Waals surface area contributed by atoms with E-state index in [0.29, 0.717) is 6.04 Å². The van der Waals surface area contributed by atoms with E-state index in [0.717, 1.165) is 45.2 Å². The second-order valence-corrected chi connectivity index (χ2v) is 4.51. The molecule has 84 valence electrons. The summed E-state index contributed by atoms with van der Waals surface area (Å²) in [5.41, 5.74) is 0. The maximum atomic E-state index is 5.38. The molecule has 15 heavy (non-hydrogen) atoms. The van der Waals surface area contributed by atoms with Gasteiger partial charge in [-0.15, -0.1) is 0 Å². The molecule has 2 aliphatic heterocycles. The maximum absolute atomic E-state index is 5.38. The van der Waals surface area contributed by atoms with Gasteiger partial charge in [0.1, 0.15) is 0 Å². The molecule has 0 unspecified atom stereocenters. The molecule has 0 aromatic rings. The van der Waals surface area contributed by atoms with Gasteiger partial charge in [0.15, 0.2) is 0 Å². The molecule has 0 spiro atoms. The van der Waals surface area contributed by atoms with Crippen molar-refractivity contribution in [3.8, 4) is 0 Å². The van der Waals surface area contributed by atoms with Crippen molar-refractivity contribution in [2.45, 2.75) is 37.8 Å². The lowest BCUT2D eigenvalue weighted by atomic mass is 10.0. The third-order valence-corrected chi connectivity index (χ3v) is 3.55. The lowest BCUT2D eigenvalue weighted by Crippen LogP contribution is -2.44. The Morgan fingerprint density at radius 3 is 2.40 bits per heavy atom. The number of hydrogen-bond donors (Lipinski definition) is 0. The van der Waals surface area contributed by atoms with Crippen LogP contribution in [0.3, 0.4) is 0 Å². The zero-order valence-corrected chi connectivity index (χ0v) is 9.84. The quantitative estimate of drug-likeness (QED) is 0.529. The van der Waals surface area contributed by atoms with Crippen molar-refractivity contribution in [3.05, 3.63) is 0 Å². The highest BCUT2D eigenvalue weighted by atomic mass is 32.1. The van der Waals surface area contributed by atoms with Crippen LogP contribution in [0, 0.1) is 0 Å². The molecule has 0 bridgehead atoms. The van der Waals surface area contributed by atoms with Crippen LogP contribution in [0.5, 0.6) is 0 Å². The molecule has 0 aromatic heterocycles. The monoisotopic (exact) mass is 226 g/mol. The normalized spacial score (nSPS) is 26.1. The number of hydrogen-bond acceptors (Lipinski definition) is 4. The molecule has 2 rings (SSSR count). The van der Waals surface area contributed by atoms with Crippen molar-refractivity contribution in [2.24, 2.45) is 4.99 Å². The summed E-state index contributed by atoms with van der Waals surface area (Å²) in [5, 5.41) is 2.50. The van der Waals surface area contributed by atoms with Gasteiger partial charge < -0.3 is 9.64 Å². The van der Waals surface area contributed by atoms with Crippen molar-refractivity contribution < 1.29 is 4.74 Å². The molecule has 2 fully saturated rings. The van der Waals surface area contributed by atoms with Crippen LogP contribution >= 0.6 is 12.2 Å². The Morgan fingerprint density at radius 1 is 1.13 bits per heavy atom. The Labute approximate surface area is 96.5 Å². The molecule has 0 aromatic carbocycles. The Morgan fingerprint density at radius 2 is 1.80 bits per heavy atom. The van der Waals surface area contributed by atoms with Gasteiger partial charge in [-0.25, -0.2) is 4.99 Å². The highest BCUT2D eigenvalue weighted by molar-refractivity contribution is 7.78. The van der Waals surface area contributed by atoms with E-state index >= 15 is 0 Å². The molecule has 0 radical (unpaired) electrons. The van der Waals surface area contributed by atoms with Crippen molar-refractivity contribution >= 4 is 17.4 Å². The molecule has 0 aliphatic carbocycles. The van der Waals surface area contributed by atoms with E-state index in [2.05, 4.69) is 27.3 Å². The minimum Gasteiger partial charge on any atom is -0.381 e. The van der Waals surface area contributed by atoms with Crippen LogP contribution in [0.2, 0.25) is 0 Å². The summed E-state index contributed by atoms with van der Waals surface area (Å²) in [6.45, 7) is 4.19. The third-order valence-electron chi connectivity index (χ3n) is 3.44. The minimum absolute atomic E-state index is 0.429. The Kier molecular flexibility index (Phi) is 4.27. The summed E-state index contributed by atoms with van der Waals surface area (Å²) in [6, 6.07) is 1.18.